The Bertz CT molecular complexity index is 414. The second-order valence-corrected chi connectivity index (χ2v) is 5.33. The lowest BCUT2D eigenvalue weighted by Gasteiger charge is -2.29. The quantitative estimate of drug-likeness (QED) is 0.877. The molecule has 3 rings (SSSR count). The van der Waals surface area contributed by atoms with Gasteiger partial charge in [0.2, 0.25) is 0 Å². The maximum atomic E-state index is 13.3. The van der Waals surface area contributed by atoms with Crippen LogP contribution in [0.15, 0.2) is 18.2 Å². The Morgan fingerprint density at radius 3 is 2.59 bits per heavy atom. The van der Waals surface area contributed by atoms with Crippen LogP contribution in [0.2, 0.25) is 5.02 Å². The molecule has 92 valence electrons. The topological polar surface area (TPSA) is 21.3 Å². The minimum atomic E-state index is -0.416. The molecule has 1 aromatic carbocycles. The van der Waals surface area contributed by atoms with Crippen molar-refractivity contribution in [3.05, 3.63) is 29.0 Å². The monoisotopic (exact) mass is 255 g/mol. The van der Waals surface area contributed by atoms with Crippen molar-refractivity contribution in [1.82, 2.24) is 5.32 Å². The predicted molar refractivity (Wildman–Crippen MR) is 65.0 cm³/mol. The average Bonchev–Trinajstić information content (AvgIpc) is 2.64. The number of rotatable bonds is 2. The van der Waals surface area contributed by atoms with Gasteiger partial charge in [-0.05, 0) is 37.8 Å². The second-order valence-electron chi connectivity index (χ2n) is 4.93. The molecule has 0 saturated carbocycles. The van der Waals surface area contributed by atoms with Crippen LogP contribution in [0.4, 0.5) is 4.39 Å². The molecule has 2 unspecified atom stereocenters. The van der Waals surface area contributed by atoms with E-state index in [1.165, 1.54) is 18.9 Å². The summed E-state index contributed by atoms with van der Waals surface area (Å²) in [5.41, 5.74) is 0. The van der Waals surface area contributed by atoms with E-state index in [0.717, 1.165) is 12.8 Å². The van der Waals surface area contributed by atoms with Gasteiger partial charge >= 0.3 is 0 Å². The fourth-order valence-corrected chi connectivity index (χ4v) is 2.96. The van der Waals surface area contributed by atoms with Crippen molar-refractivity contribution in [3.63, 3.8) is 0 Å². The van der Waals surface area contributed by atoms with Gasteiger partial charge in [-0.3, -0.25) is 0 Å². The fourth-order valence-electron chi connectivity index (χ4n) is 2.84. The lowest BCUT2D eigenvalue weighted by Crippen LogP contribution is -2.42. The smallest absolute Gasteiger partial charge is 0.145 e. The minimum Gasteiger partial charge on any atom is -0.490 e. The molecule has 1 N–H and O–H groups in total. The number of ether oxygens (including phenoxy) is 1. The van der Waals surface area contributed by atoms with Crippen LogP contribution in [0.5, 0.6) is 5.75 Å². The van der Waals surface area contributed by atoms with Crippen LogP contribution in [0.1, 0.15) is 25.7 Å². The van der Waals surface area contributed by atoms with E-state index in [0.29, 0.717) is 17.8 Å². The Labute approximate surface area is 105 Å². The van der Waals surface area contributed by atoms with E-state index in [2.05, 4.69) is 5.32 Å². The SMILES string of the molecule is Fc1cc(OC2CC3CCC(C2)N3)ccc1Cl. The van der Waals surface area contributed by atoms with E-state index in [1.807, 2.05) is 0 Å². The summed E-state index contributed by atoms with van der Waals surface area (Å²) in [4.78, 5) is 0. The van der Waals surface area contributed by atoms with Crippen molar-refractivity contribution in [2.24, 2.45) is 0 Å². The molecule has 0 spiro atoms. The van der Waals surface area contributed by atoms with E-state index in [9.17, 15) is 4.39 Å². The number of nitrogens with one attached hydrogen (secondary N) is 1. The molecule has 17 heavy (non-hydrogen) atoms. The lowest BCUT2D eigenvalue weighted by atomic mass is 10.0. The minimum absolute atomic E-state index is 0.141. The van der Waals surface area contributed by atoms with E-state index in [4.69, 9.17) is 16.3 Å². The molecule has 0 aliphatic carbocycles. The van der Waals surface area contributed by atoms with Gasteiger partial charge in [0.05, 0.1) is 5.02 Å². The third-order valence-corrected chi connectivity index (χ3v) is 3.93. The van der Waals surface area contributed by atoms with E-state index < -0.39 is 5.82 Å². The number of halogens is 2. The summed E-state index contributed by atoms with van der Waals surface area (Å²) in [6, 6.07) is 5.80. The Hall–Kier alpha value is -0.800. The Morgan fingerprint density at radius 2 is 1.94 bits per heavy atom. The highest BCUT2D eigenvalue weighted by Crippen LogP contribution is 2.30. The van der Waals surface area contributed by atoms with Crippen LogP contribution in [0.25, 0.3) is 0 Å². The molecule has 1 aromatic rings. The van der Waals surface area contributed by atoms with E-state index >= 15 is 0 Å². The predicted octanol–water partition coefficient (Wildman–Crippen LogP) is 3.14. The van der Waals surface area contributed by atoms with Crippen LogP contribution in [0, 0.1) is 5.82 Å². The molecule has 2 nitrogen and oxygen atoms in total. The van der Waals surface area contributed by atoms with Gasteiger partial charge in [-0.25, -0.2) is 4.39 Å². The molecule has 0 radical (unpaired) electrons. The molecule has 2 aliphatic rings. The van der Waals surface area contributed by atoms with Crippen LogP contribution in [-0.4, -0.2) is 18.2 Å². The van der Waals surface area contributed by atoms with Gasteiger partial charge in [0.15, 0.2) is 0 Å². The lowest BCUT2D eigenvalue weighted by molar-refractivity contribution is 0.137. The number of fused-ring (bicyclic) bond motifs is 2. The normalized spacial score (nSPS) is 31.5. The zero-order valence-electron chi connectivity index (χ0n) is 9.46. The average molecular weight is 256 g/mol. The first-order valence-electron chi connectivity index (χ1n) is 6.08. The highest BCUT2D eigenvalue weighted by Gasteiger charge is 2.34. The molecule has 4 heteroatoms. The van der Waals surface area contributed by atoms with Crippen molar-refractivity contribution in [1.29, 1.82) is 0 Å². The molecule has 2 heterocycles. The molecule has 2 aliphatic heterocycles. The highest BCUT2D eigenvalue weighted by atomic mass is 35.5. The van der Waals surface area contributed by atoms with E-state index in [-0.39, 0.29) is 11.1 Å². The van der Waals surface area contributed by atoms with Crippen molar-refractivity contribution >= 4 is 11.6 Å². The number of piperidine rings is 1. The third-order valence-electron chi connectivity index (χ3n) is 3.62. The summed E-state index contributed by atoms with van der Waals surface area (Å²) in [5.74, 6) is 0.166. The highest BCUT2D eigenvalue weighted by molar-refractivity contribution is 6.30. The Morgan fingerprint density at radius 1 is 1.24 bits per heavy atom. The first kappa shape index (κ1) is 11.3. The van der Waals surface area contributed by atoms with Crippen molar-refractivity contribution in [2.45, 2.75) is 43.9 Å². The Balaban J connectivity index is 1.68. The summed E-state index contributed by atoms with van der Waals surface area (Å²) in [5, 5.41) is 3.69. The van der Waals surface area contributed by atoms with Crippen LogP contribution in [-0.2, 0) is 0 Å². The Kier molecular flexibility index (Phi) is 2.97. The summed E-state index contributed by atoms with van der Waals surface area (Å²) >= 11 is 5.64. The second kappa shape index (κ2) is 4.46. The molecule has 2 atom stereocenters. The van der Waals surface area contributed by atoms with Gasteiger partial charge in [-0.2, -0.15) is 0 Å². The first-order chi connectivity index (χ1) is 8.20. The van der Waals surface area contributed by atoms with Gasteiger partial charge in [0.1, 0.15) is 17.7 Å². The van der Waals surface area contributed by atoms with Gasteiger partial charge < -0.3 is 10.1 Å². The standard InChI is InChI=1S/C13H15ClFNO/c14-12-4-3-10(7-13(12)15)17-11-5-8-1-2-9(6-11)16-8/h3-4,7-9,11,16H,1-2,5-6H2. The summed E-state index contributed by atoms with van der Waals surface area (Å²) in [7, 11) is 0. The summed E-state index contributed by atoms with van der Waals surface area (Å²) in [6.07, 6.45) is 4.70. The molecule has 0 aromatic heterocycles. The molecular weight excluding hydrogens is 241 g/mol. The maximum Gasteiger partial charge on any atom is 0.145 e. The van der Waals surface area contributed by atoms with E-state index in [1.54, 1.807) is 12.1 Å². The molecule has 2 saturated heterocycles. The number of benzene rings is 1. The number of hydrogen-bond acceptors (Lipinski definition) is 2. The zero-order chi connectivity index (χ0) is 11.8. The third kappa shape index (κ3) is 2.40. The molecule has 2 fully saturated rings. The van der Waals surface area contributed by atoms with Crippen LogP contribution < -0.4 is 10.1 Å². The van der Waals surface area contributed by atoms with Crippen LogP contribution in [0.3, 0.4) is 0 Å². The number of hydrogen-bond donors (Lipinski definition) is 1. The maximum absolute atomic E-state index is 13.3. The fraction of sp³-hybridized carbons (Fsp3) is 0.538. The molecule has 0 amide bonds. The molecular formula is C13H15ClFNO. The van der Waals surface area contributed by atoms with Crippen molar-refractivity contribution in [2.75, 3.05) is 0 Å². The van der Waals surface area contributed by atoms with Gasteiger partial charge in [0, 0.05) is 18.2 Å². The van der Waals surface area contributed by atoms with Gasteiger partial charge in [0.25, 0.3) is 0 Å². The first-order valence-corrected chi connectivity index (χ1v) is 6.46. The summed E-state index contributed by atoms with van der Waals surface area (Å²) < 4.78 is 19.1. The molecule has 2 bridgehead atoms. The zero-order valence-corrected chi connectivity index (χ0v) is 10.2. The largest absolute Gasteiger partial charge is 0.490 e. The van der Waals surface area contributed by atoms with Crippen molar-refractivity contribution in [3.8, 4) is 5.75 Å². The van der Waals surface area contributed by atoms with Crippen molar-refractivity contribution < 1.29 is 9.13 Å². The van der Waals surface area contributed by atoms with Gasteiger partial charge in [-0.1, -0.05) is 11.6 Å². The van der Waals surface area contributed by atoms with Crippen LogP contribution >= 0.6 is 11.6 Å². The summed E-state index contributed by atoms with van der Waals surface area (Å²) in [6.45, 7) is 0. The van der Waals surface area contributed by atoms with Gasteiger partial charge in [-0.15, -0.1) is 0 Å².